The number of carbonyl (C=O) groups is 1. The van der Waals surface area contributed by atoms with Crippen molar-refractivity contribution in [2.24, 2.45) is 5.92 Å². The molecule has 1 aliphatic carbocycles. The number of aliphatic carboxylic acids is 1. The average molecular weight is 369 g/mol. The second-order valence-electron chi connectivity index (χ2n) is 5.74. The number of benzene rings is 2. The van der Waals surface area contributed by atoms with Gasteiger partial charge in [-0.25, -0.2) is 0 Å². The van der Waals surface area contributed by atoms with Crippen LogP contribution in [0.4, 0.5) is 8.78 Å². The van der Waals surface area contributed by atoms with Crippen LogP contribution in [0, 0.1) is 5.92 Å². The molecule has 2 unspecified atom stereocenters. The monoisotopic (exact) mass is 368 g/mol. The fourth-order valence-electron chi connectivity index (χ4n) is 3.06. The van der Waals surface area contributed by atoms with Gasteiger partial charge in [-0.1, -0.05) is 17.7 Å². The fourth-order valence-corrected chi connectivity index (χ4v) is 3.27. The molecule has 1 N–H and O–H groups in total. The van der Waals surface area contributed by atoms with Crippen molar-refractivity contribution in [3.8, 4) is 23.0 Å². The molecule has 1 aliphatic heterocycles. The van der Waals surface area contributed by atoms with Crippen molar-refractivity contribution < 1.29 is 32.9 Å². The van der Waals surface area contributed by atoms with E-state index in [2.05, 4.69) is 4.74 Å². The first kappa shape index (κ1) is 16.0. The van der Waals surface area contributed by atoms with Crippen LogP contribution in [0.25, 0.3) is 0 Å². The molecule has 3 atom stereocenters. The number of carboxylic acids is 1. The first-order valence-corrected chi connectivity index (χ1v) is 7.77. The third kappa shape index (κ3) is 2.84. The number of carboxylic acid groups (broad SMARTS) is 1. The van der Waals surface area contributed by atoms with Crippen LogP contribution in [-0.2, 0) is 4.79 Å². The normalized spacial score (nSPS) is 22.8. The summed E-state index contributed by atoms with van der Waals surface area (Å²) in [5.74, 6) is -0.236. The smallest absolute Gasteiger partial charge is 0.387 e. The number of halogens is 3. The Kier molecular flexibility index (Phi) is 3.68. The quantitative estimate of drug-likeness (QED) is 0.852. The highest BCUT2D eigenvalue weighted by atomic mass is 35.5. The molecule has 0 radical (unpaired) electrons. The molecule has 0 spiro atoms. The van der Waals surface area contributed by atoms with Gasteiger partial charge >= 0.3 is 12.6 Å². The molecule has 8 heteroatoms. The average Bonchev–Trinajstić information content (AvgIpc) is 3.13. The molecule has 0 saturated heterocycles. The molecule has 2 aromatic carbocycles. The van der Waals surface area contributed by atoms with Gasteiger partial charge in [0.05, 0.1) is 5.02 Å². The van der Waals surface area contributed by atoms with Crippen molar-refractivity contribution in [2.75, 3.05) is 0 Å². The molecular formula is C17H11ClF2O5. The zero-order chi connectivity index (χ0) is 17.7. The Morgan fingerprint density at radius 1 is 1.20 bits per heavy atom. The molecule has 130 valence electrons. The lowest BCUT2D eigenvalue weighted by Gasteiger charge is -2.12. The Labute approximate surface area is 145 Å². The van der Waals surface area contributed by atoms with Crippen molar-refractivity contribution in [2.45, 2.75) is 18.6 Å². The standard InChI is InChI=1S/C17H11ClF2O5/c18-10-5-7(24-17(19)20)2-4-11(10)23-8-1-3-9-12(6-8)25-15-13(9)14(15)16(21)22/h1-6,13-15,17H,(H,21,22)/t13?,14?,15-/m1/s1. The SMILES string of the molecule is O=C(O)C1C2c3ccc(Oc4ccc(OC(F)F)cc4Cl)cc3O[C@@H]12. The fraction of sp³-hybridized carbons (Fsp3) is 0.235. The van der Waals surface area contributed by atoms with Crippen LogP contribution >= 0.6 is 11.6 Å². The maximum atomic E-state index is 12.2. The predicted octanol–water partition coefficient (Wildman–Crippen LogP) is 4.29. The minimum atomic E-state index is -2.93. The van der Waals surface area contributed by atoms with E-state index in [4.69, 9.17) is 26.2 Å². The minimum absolute atomic E-state index is 0.0653. The lowest BCUT2D eigenvalue weighted by molar-refractivity contribution is -0.139. The van der Waals surface area contributed by atoms with Gasteiger partial charge in [0.15, 0.2) is 0 Å². The number of hydrogen-bond donors (Lipinski definition) is 1. The summed E-state index contributed by atoms with van der Waals surface area (Å²) in [7, 11) is 0. The van der Waals surface area contributed by atoms with Crippen LogP contribution in [0.15, 0.2) is 36.4 Å². The summed E-state index contributed by atoms with van der Waals surface area (Å²) < 4.78 is 39.9. The zero-order valence-corrected chi connectivity index (χ0v) is 13.2. The van der Waals surface area contributed by atoms with Crippen molar-refractivity contribution in [3.63, 3.8) is 0 Å². The van der Waals surface area contributed by atoms with E-state index in [0.717, 1.165) is 5.56 Å². The maximum absolute atomic E-state index is 12.2. The Bertz CT molecular complexity index is 857. The van der Waals surface area contributed by atoms with Gasteiger partial charge in [0.25, 0.3) is 0 Å². The van der Waals surface area contributed by atoms with E-state index in [9.17, 15) is 13.6 Å². The van der Waals surface area contributed by atoms with Crippen molar-refractivity contribution in [1.82, 2.24) is 0 Å². The minimum Gasteiger partial charge on any atom is -0.488 e. The van der Waals surface area contributed by atoms with E-state index in [0.29, 0.717) is 11.5 Å². The maximum Gasteiger partial charge on any atom is 0.387 e. The molecular weight excluding hydrogens is 358 g/mol. The van der Waals surface area contributed by atoms with Crippen LogP contribution in [0.3, 0.4) is 0 Å². The zero-order valence-electron chi connectivity index (χ0n) is 12.5. The van der Waals surface area contributed by atoms with Gasteiger partial charge in [0, 0.05) is 23.6 Å². The second-order valence-corrected chi connectivity index (χ2v) is 6.15. The topological polar surface area (TPSA) is 65.0 Å². The summed E-state index contributed by atoms with van der Waals surface area (Å²) >= 11 is 6.02. The van der Waals surface area contributed by atoms with E-state index in [-0.39, 0.29) is 28.5 Å². The van der Waals surface area contributed by atoms with Crippen LogP contribution in [0.5, 0.6) is 23.0 Å². The largest absolute Gasteiger partial charge is 0.488 e. The molecule has 0 amide bonds. The summed E-state index contributed by atoms with van der Waals surface area (Å²) in [6.45, 7) is -2.93. The van der Waals surface area contributed by atoms with Crippen LogP contribution < -0.4 is 14.2 Å². The Morgan fingerprint density at radius 2 is 1.96 bits per heavy atom. The van der Waals surface area contributed by atoms with Gasteiger partial charge in [-0.05, 0) is 18.2 Å². The highest BCUT2D eigenvalue weighted by Crippen LogP contribution is 2.59. The lowest BCUT2D eigenvalue weighted by Crippen LogP contribution is -2.08. The van der Waals surface area contributed by atoms with Crippen LogP contribution in [0.2, 0.25) is 5.02 Å². The van der Waals surface area contributed by atoms with E-state index in [1.54, 1.807) is 18.2 Å². The third-order valence-corrected chi connectivity index (χ3v) is 4.50. The Hall–Kier alpha value is -2.54. The van der Waals surface area contributed by atoms with Crippen molar-refractivity contribution >= 4 is 17.6 Å². The lowest BCUT2D eigenvalue weighted by atomic mass is 10.1. The number of hydrogen-bond acceptors (Lipinski definition) is 4. The molecule has 2 aromatic rings. The summed E-state index contributed by atoms with van der Waals surface area (Å²) in [6.07, 6.45) is -0.322. The van der Waals surface area contributed by atoms with Gasteiger partial charge in [0.2, 0.25) is 0 Å². The first-order valence-electron chi connectivity index (χ1n) is 7.39. The molecule has 0 bridgehead atoms. The van der Waals surface area contributed by atoms with E-state index in [1.165, 1.54) is 18.2 Å². The molecule has 1 saturated carbocycles. The molecule has 5 nitrogen and oxygen atoms in total. The van der Waals surface area contributed by atoms with E-state index in [1.807, 2.05) is 0 Å². The number of fused-ring (bicyclic) bond motifs is 3. The van der Waals surface area contributed by atoms with Crippen molar-refractivity contribution in [1.29, 1.82) is 0 Å². The molecule has 25 heavy (non-hydrogen) atoms. The molecule has 2 aliphatic rings. The van der Waals surface area contributed by atoms with Gasteiger partial charge < -0.3 is 19.3 Å². The molecule has 0 aromatic heterocycles. The predicted molar refractivity (Wildman–Crippen MR) is 82.9 cm³/mol. The third-order valence-electron chi connectivity index (χ3n) is 4.20. The van der Waals surface area contributed by atoms with E-state index < -0.39 is 18.5 Å². The Balaban J connectivity index is 1.51. The summed E-state index contributed by atoms with van der Waals surface area (Å²) in [4.78, 5) is 11.0. The number of ether oxygens (including phenoxy) is 3. The van der Waals surface area contributed by atoms with Crippen LogP contribution in [0.1, 0.15) is 11.5 Å². The van der Waals surface area contributed by atoms with Gasteiger partial charge in [-0.2, -0.15) is 8.78 Å². The summed E-state index contributed by atoms with van der Waals surface area (Å²) in [6, 6.07) is 9.08. The van der Waals surface area contributed by atoms with Crippen molar-refractivity contribution in [3.05, 3.63) is 47.0 Å². The number of alkyl halides is 2. The first-order chi connectivity index (χ1) is 11.9. The van der Waals surface area contributed by atoms with E-state index >= 15 is 0 Å². The summed E-state index contributed by atoms with van der Waals surface area (Å²) in [5.41, 5.74) is 0.844. The highest BCUT2D eigenvalue weighted by molar-refractivity contribution is 6.32. The van der Waals surface area contributed by atoms with Gasteiger partial charge in [-0.15, -0.1) is 0 Å². The Morgan fingerprint density at radius 3 is 2.64 bits per heavy atom. The van der Waals surface area contributed by atoms with Gasteiger partial charge in [0.1, 0.15) is 35.0 Å². The second kappa shape index (κ2) is 5.77. The highest BCUT2D eigenvalue weighted by Gasteiger charge is 2.63. The number of rotatable bonds is 5. The molecule has 1 fully saturated rings. The summed E-state index contributed by atoms with van der Waals surface area (Å²) in [5, 5.41) is 9.18. The molecule has 1 heterocycles. The molecule has 4 rings (SSSR count). The van der Waals surface area contributed by atoms with Gasteiger partial charge in [-0.3, -0.25) is 4.79 Å². The van der Waals surface area contributed by atoms with Crippen LogP contribution in [-0.4, -0.2) is 23.8 Å².